The lowest BCUT2D eigenvalue weighted by atomic mass is 9.87. The summed E-state index contributed by atoms with van der Waals surface area (Å²) in [5.41, 5.74) is 4.88. The second-order valence-electron chi connectivity index (χ2n) is 9.83. The normalized spacial score (nSPS) is 17.9. The molecule has 1 aliphatic heterocycles. The fraction of sp³-hybridized carbons (Fsp3) is 0.433. The van der Waals surface area contributed by atoms with E-state index in [1.54, 1.807) is 5.57 Å². The van der Waals surface area contributed by atoms with Crippen molar-refractivity contribution in [2.75, 3.05) is 31.5 Å². The van der Waals surface area contributed by atoms with Crippen LogP contribution < -0.4 is 10.6 Å². The second-order valence-corrected chi connectivity index (χ2v) is 9.83. The van der Waals surface area contributed by atoms with Gasteiger partial charge in [0, 0.05) is 11.7 Å². The van der Waals surface area contributed by atoms with E-state index in [1.807, 2.05) is 37.3 Å². The Balaban J connectivity index is 1.25. The van der Waals surface area contributed by atoms with E-state index in [0.717, 1.165) is 30.1 Å². The van der Waals surface area contributed by atoms with E-state index in [1.165, 1.54) is 50.8 Å². The Hall–Kier alpha value is -2.69. The molecule has 2 N–H and O–H groups in total. The number of rotatable bonds is 10. The maximum Gasteiger partial charge on any atom is 0.238 e. The fourth-order valence-electron chi connectivity index (χ4n) is 5.13. The van der Waals surface area contributed by atoms with Gasteiger partial charge in [-0.15, -0.1) is 0 Å². The molecule has 2 aliphatic rings. The van der Waals surface area contributed by atoms with Gasteiger partial charge in [0.2, 0.25) is 5.91 Å². The van der Waals surface area contributed by atoms with E-state index in [0.29, 0.717) is 6.54 Å². The van der Waals surface area contributed by atoms with Gasteiger partial charge < -0.3 is 15.5 Å². The van der Waals surface area contributed by atoms with Gasteiger partial charge in [0.15, 0.2) is 0 Å². The third-order valence-electron chi connectivity index (χ3n) is 7.10. The molecule has 1 atom stereocenters. The van der Waals surface area contributed by atoms with Crippen LogP contribution in [-0.2, 0) is 4.79 Å². The molecule has 34 heavy (non-hydrogen) atoms. The van der Waals surface area contributed by atoms with Gasteiger partial charge in [0.1, 0.15) is 0 Å². The van der Waals surface area contributed by atoms with Gasteiger partial charge in [0.05, 0.1) is 6.54 Å². The Labute approximate surface area is 205 Å². The van der Waals surface area contributed by atoms with Gasteiger partial charge in [-0.1, -0.05) is 66.3 Å². The van der Waals surface area contributed by atoms with Gasteiger partial charge in [0.25, 0.3) is 0 Å². The highest BCUT2D eigenvalue weighted by Crippen LogP contribution is 2.28. The van der Waals surface area contributed by atoms with Gasteiger partial charge >= 0.3 is 0 Å². The molecule has 1 aliphatic carbocycles. The summed E-state index contributed by atoms with van der Waals surface area (Å²) >= 11 is 0. The molecule has 0 bridgehead atoms. The maximum absolute atomic E-state index is 12.6. The quantitative estimate of drug-likeness (QED) is 0.458. The van der Waals surface area contributed by atoms with Crippen LogP contribution in [0.1, 0.15) is 55.7 Å². The van der Waals surface area contributed by atoms with Crippen molar-refractivity contribution in [1.82, 2.24) is 10.2 Å². The van der Waals surface area contributed by atoms with Crippen LogP contribution in [0.15, 0.2) is 78.4 Å². The van der Waals surface area contributed by atoms with Gasteiger partial charge in [-0.3, -0.25) is 4.79 Å². The molecule has 4 heteroatoms. The summed E-state index contributed by atoms with van der Waals surface area (Å²) < 4.78 is 0. The molecule has 1 heterocycles. The van der Waals surface area contributed by atoms with Crippen LogP contribution in [0.3, 0.4) is 0 Å². The number of allylic oxidation sites excluding steroid dienone is 4. The van der Waals surface area contributed by atoms with Crippen molar-refractivity contribution in [3.8, 4) is 0 Å². The van der Waals surface area contributed by atoms with E-state index in [2.05, 4.69) is 58.0 Å². The first kappa shape index (κ1) is 24.4. The van der Waals surface area contributed by atoms with E-state index in [-0.39, 0.29) is 11.9 Å². The molecule has 0 spiro atoms. The van der Waals surface area contributed by atoms with Crippen LogP contribution in [0, 0.1) is 12.8 Å². The van der Waals surface area contributed by atoms with E-state index >= 15 is 0 Å². The highest BCUT2D eigenvalue weighted by atomic mass is 16.1. The first-order chi connectivity index (χ1) is 16.7. The molecule has 4 nitrogen and oxygen atoms in total. The summed E-state index contributed by atoms with van der Waals surface area (Å²) in [6.45, 7) is 5.77. The van der Waals surface area contributed by atoms with Crippen molar-refractivity contribution >= 4 is 11.6 Å². The molecule has 0 aromatic heterocycles. The number of aryl methyl sites for hydroxylation is 1. The lowest BCUT2D eigenvalue weighted by Crippen LogP contribution is -2.37. The summed E-state index contributed by atoms with van der Waals surface area (Å²) in [6.07, 6.45) is 14.2. The average Bonchev–Trinajstić information content (AvgIpc) is 2.86. The highest BCUT2D eigenvalue weighted by molar-refractivity contribution is 5.92. The van der Waals surface area contributed by atoms with Gasteiger partial charge in [-0.05, 0) is 94.3 Å². The molecule has 0 saturated carbocycles. The van der Waals surface area contributed by atoms with Crippen LogP contribution >= 0.6 is 0 Å². The number of carbonyl (C=O) groups is 1. The molecule has 180 valence electrons. The lowest BCUT2D eigenvalue weighted by molar-refractivity contribution is -0.115. The zero-order chi connectivity index (χ0) is 23.6. The summed E-state index contributed by atoms with van der Waals surface area (Å²) in [6, 6.07) is 18.6. The van der Waals surface area contributed by atoms with Crippen molar-refractivity contribution in [3.63, 3.8) is 0 Å². The minimum absolute atomic E-state index is 0.000734. The summed E-state index contributed by atoms with van der Waals surface area (Å²) in [5.74, 6) is 0.835. The third-order valence-corrected chi connectivity index (χ3v) is 7.10. The molecular formula is C30H39N3O. The number of amides is 1. The van der Waals surface area contributed by atoms with E-state index in [9.17, 15) is 4.79 Å². The van der Waals surface area contributed by atoms with Crippen LogP contribution in [-0.4, -0.2) is 37.0 Å². The number of likely N-dealkylation sites (tertiary alicyclic amines) is 1. The first-order valence-electron chi connectivity index (χ1n) is 12.9. The summed E-state index contributed by atoms with van der Waals surface area (Å²) in [4.78, 5) is 15.2. The number of nitrogens with zero attached hydrogens (tertiary/aromatic N) is 1. The number of benzene rings is 2. The van der Waals surface area contributed by atoms with Crippen molar-refractivity contribution in [1.29, 1.82) is 0 Å². The van der Waals surface area contributed by atoms with Crippen LogP contribution in [0.25, 0.3) is 0 Å². The smallest absolute Gasteiger partial charge is 0.238 e. The molecule has 1 saturated heterocycles. The molecular weight excluding hydrogens is 418 g/mol. The predicted molar refractivity (Wildman–Crippen MR) is 142 cm³/mol. The monoisotopic (exact) mass is 457 g/mol. The highest BCUT2D eigenvalue weighted by Gasteiger charge is 2.21. The molecule has 1 fully saturated rings. The van der Waals surface area contributed by atoms with Crippen molar-refractivity contribution < 1.29 is 4.79 Å². The molecule has 0 radical (unpaired) electrons. The van der Waals surface area contributed by atoms with Gasteiger partial charge in [-0.2, -0.15) is 0 Å². The Kier molecular flexibility index (Phi) is 9.12. The number of carbonyl (C=O) groups excluding carboxylic acids is 1. The van der Waals surface area contributed by atoms with E-state index in [4.69, 9.17) is 0 Å². The Bertz CT molecular complexity index is 974. The number of hydrogen-bond donors (Lipinski definition) is 2. The Morgan fingerprint density at radius 1 is 1.09 bits per heavy atom. The largest absolute Gasteiger partial charge is 0.325 e. The second kappa shape index (κ2) is 12.7. The first-order valence-corrected chi connectivity index (χ1v) is 12.9. The molecule has 1 amide bonds. The number of hydrogen-bond acceptors (Lipinski definition) is 3. The fourth-order valence-corrected chi connectivity index (χ4v) is 5.13. The van der Waals surface area contributed by atoms with Crippen LogP contribution in [0.4, 0.5) is 5.69 Å². The summed E-state index contributed by atoms with van der Waals surface area (Å²) in [5, 5.41) is 6.53. The number of nitrogens with one attached hydrogen (secondary N) is 2. The molecule has 4 rings (SSSR count). The van der Waals surface area contributed by atoms with E-state index < -0.39 is 0 Å². The zero-order valence-corrected chi connectivity index (χ0v) is 20.5. The van der Waals surface area contributed by atoms with Crippen LogP contribution in [0.2, 0.25) is 0 Å². The van der Waals surface area contributed by atoms with Crippen molar-refractivity contribution in [2.45, 2.75) is 51.5 Å². The zero-order valence-electron chi connectivity index (χ0n) is 20.5. The lowest BCUT2D eigenvalue weighted by Gasteiger charge is -2.33. The molecule has 2 aromatic carbocycles. The standard InChI is InChI=1S/C30H39N3O/c1-24-9-8-14-28(21-24)32-30(34)23-31-29(27-12-6-3-7-13-27)17-20-33-18-15-26(16-19-33)22-25-10-4-2-5-11-25/h2-4,6-10,12-14,21,26,29,31H,5,11,15-20,22-23H2,1H3,(H,32,34). The average molecular weight is 458 g/mol. The number of anilines is 1. The maximum atomic E-state index is 12.6. The molecule has 1 unspecified atom stereocenters. The predicted octanol–water partition coefficient (Wildman–Crippen LogP) is 6.03. The Morgan fingerprint density at radius 2 is 1.91 bits per heavy atom. The SMILES string of the molecule is Cc1cccc(NC(=O)CNC(CCN2CCC(CC3=CC=CCC3)CC2)c2ccccc2)c1. The minimum Gasteiger partial charge on any atom is -0.325 e. The van der Waals surface area contributed by atoms with Crippen molar-refractivity contribution in [2.24, 2.45) is 5.92 Å². The minimum atomic E-state index is -0.000734. The summed E-state index contributed by atoms with van der Waals surface area (Å²) in [7, 11) is 0. The van der Waals surface area contributed by atoms with Crippen LogP contribution in [0.5, 0.6) is 0 Å². The number of piperidine rings is 1. The Morgan fingerprint density at radius 3 is 2.65 bits per heavy atom. The van der Waals surface area contributed by atoms with Crippen molar-refractivity contribution in [3.05, 3.63) is 89.5 Å². The molecule has 2 aromatic rings. The third kappa shape index (κ3) is 7.68. The van der Waals surface area contributed by atoms with Gasteiger partial charge in [-0.25, -0.2) is 0 Å². The topological polar surface area (TPSA) is 44.4 Å².